The summed E-state index contributed by atoms with van der Waals surface area (Å²) in [4.78, 5) is 2.47. The van der Waals surface area contributed by atoms with E-state index >= 15 is 0 Å². The summed E-state index contributed by atoms with van der Waals surface area (Å²) in [6, 6.07) is 6.22. The summed E-state index contributed by atoms with van der Waals surface area (Å²) in [7, 11) is 3.36. The lowest BCUT2D eigenvalue weighted by Gasteiger charge is -2.34. The summed E-state index contributed by atoms with van der Waals surface area (Å²) in [5.41, 5.74) is 7.16. The van der Waals surface area contributed by atoms with Gasteiger partial charge in [0.1, 0.15) is 11.5 Å². The Kier molecular flexibility index (Phi) is 5.05. The number of methoxy groups -OCH3 is 2. The van der Waals surface area contributed by atoms with Crippen LogP contribution in [0.1, 0.15) is 30.9 Å². The Morgan fingerprint density at radius 1 is 1.16 bits per heavy atom. The summed E-state index contributed by atoms with van der Waals surface area (Å²) in [6.45, 7) is 2.86. The molecule has 0 aliphatic carbocycles. The molecule has 1 aliphatic heterocycles. The van der Waals surface area contributed by atoms with Gasteiger partial charge in [0.15, 0.2) is 0 Å². The van der Waals surface area contributed by atoms with Crippen molar-refractivity contribution < 1.29 is 9.47 Å². The van der Waals surface area contributed by atoms with Crippen LogP contribution in [0.25, 0.3) is 0 Å². The highest BCUT2D eigenvalue weighted by Gasteiger charge is 2.23. The lowest BCUT2D eigenvalue weighted by Crippen LogP contribution is -2.37. The number of hydrogen-bond donors (Lipinski definition) is 1. The van der Waals surface area contributed by atoms with Gasteiger partial charge in [-0.2, -0.15) is 0 Å². The number of ether oxygens (including phenoxy) is 2. The molecule has 0 amide bonds. The molecule has 4 heteroatoms. The van der Waals surface area contributed by atoms with Crippen molar-refractivity contribution >= 4 is 0 Å². The first-order valence-corrected chi connectivity index (χ1v) is 6.96. The molecule has 0 spiro atoms. The van der Waals surface area contributed by atoms with Crippen LogP contribution in [0.5, 0.6) is 11.5 Å². The van der Waals surface area contributed by atoms with Crippen molar-refractivity contribution in [1.29, 1.82) is 0 Å². The zero-order chi connectivity index (χ0) is 13.7. The fraction of sp³-hybridized carbons (Fsp3) is 0.600. The van der Waals surface area contributed by atoms with E-state index in [1.807, 2.05) is 12.1 Å². The van der Waals surface area contributed by atoms with Gasteiger partial charge in [-0.1, -0.05) is 12.5 Å². The van der Waals surface area contributed by atoms with E-state index in [-0.39, 0.29) is 6.04 Å². The molecular weight excluding hydrogens is 240 g/mol. The number of nitrogens with zero attached hydrogens (tertiary/aromatic N) is 1. The summed E-state index contributed by atoms with van der Waals surface area (Å²) < 4.78 is 10.7. The Labute approximate surface area is 115 Å². The molecule has 2 N–H and O–H groups in total. The average Bonchev–Trinajstić information content (AvgIpc) is 2.49. The molecule has 4 nitrogen and oxygen atoms in total. The predicted molar refractivity (Wildman–Crippen MR) is 76.8 cm³/mol. The van der Waals surface area contributed by atoms with Gasteiger partial charge >= 0.3 is 0 Å². The third-order valence-electron chi connectivity index (χ3n) is 3.85. The third kappa shape index (κ3) is 3.19. The number of benzene rings is 1. The third-order valence-corrected chi connectivity index (χ3v) is 3.85. The van der Waals surface area contributed by atoms with E-state index in [0.29, 0.717) is 6.54 Å². The van der Waals surface area contributed by atoms with Gasteiger partial charge in [0, 0.05) is 18.2 Å². The van der Waals surface area contributed by atoms with E-state index in [0.717, 1.165) is 30.2 Å². The number of hydrogen-bond acceptors (Lipinski definition) is 4. The molecule has 0 aromatic heterocycles. The van der Waals surface area contributed by atoms with Gasteiger partial charge in [-0.05, 0) is 32.0 Å². The van der Waals surface area contributed by atoms with Crippen LogP contribution in [-0.2, 0) is 0 Å². The first kappa shape index (κ1) is 14.2. The van der Waals surface area contributed by atoms with Crippen LogP contribution < -0.4 is 15.2 Å². The van der Waals surface area contributed by atoms with Crippen LogP contribution in [0.3, 0.4) is 0 Å². The molecule has 0 bridgehead atoms. The topological polar surface area (TPSA) is 47.7 Å². The molecule has 1 aromatic rings. The number of likely N-dealkylation sites (tertiary alicyclic amines) is 1. The molecule has 1 saturated heterocycles. The van der Waals surface area contributed by atoms with Crippen molar-refractivity contribution in [3.05, 3.63) is 23.8 Å². The molecule has 1 fully saturated rings. The highest BCUT2D eigenvalue weighted by molar-refractivity contribution is 5.42. The zero-order valence-electron chi connectivity index (χ0n) is 11.9. The first-order chi connectivity index (χ1) is 9.30. The van der Waals surface area contributed by atoms with Gasteiger partial charge in [0.25, 0.3) is 0 Å². The van der Waals surface area contributed by atoms with Crippen molar-refractivity contribution in [2.24, 2.45) is 5.73 Å². The fourth-order valence-corrected chi connectivity index (χ4v) is 2.80. The second-order valence-electron chi connectivity index (χ2n) is 4.96. The van der Waals surface area contributed by atoms with E-state index in [9.17, 15) is 0 Å². The monoisotopic (exact) mass is 264 g/mol. The molecule has 1 atom stereocenters. The number of nitrogens with two attached hydrogens (primary N) is 1. The SMILES string of the molecule is COc1ccc([C@H](CN)N2CCCCC2)c(OC)c1. The van der Waals surface area contributed by atoms with Gasteiger partial charge < -0.3 is 15.2 Å². The second kappa shape index (κ2) is 6.78. The van der Waals surface area contributed by atoms with Crippen molar-refractivity contribution in [3.63, 3.8) is 0 Å². The molecule has 1 heterocycles. The normalized spacial score (nSPS) is 18.1. The van der Waals surface area contributed by atoms with Crippen LogP contribution >= 0.6 is 0 Å². The van der Waals surface area contributed by atoms with E-state index in [2.05, 4.69) is 11.0 Å². The Morgan fingerprint density at radius 2 is 1.89 bits per heavy atom. The van der Waals surface area contributed by atoms with Crippen LogP contribution in [0.2, 0.25) is 0 Å². The van der Waals surface area contributed by atoms with Gasteiger partial charge in [-0.25, -0.2) is 0 Å². The van der Waals surface area contributed by atoms with Gasteiger partial charge in [-0.15, -0.1) is 0 Å². The van der Waals surface area contributed by atoms with Crippen LogP contribution in [0.15, 0.2) is 18.2 Å². The highest BCUT2D eigenvalue weighted by Crippen LogP contribution is 2.33. The number of piperidine rings is 1. The van der Waals surface area contributed by atoms with E-state index in [1.165, 1.54) is 19.3 Å². The Hall–Kier alpha value is -1.26. The first-order valence-electron chi connectivity index (χ1n) is 6.96. The van der Waals surface area contributed by atoms with Crippen molar-refractivity contribution in [2.45, 2.75) is 25.3 Å². The molecule has 0 saturated carbocycles. The summed E-state index contributed by atoms with van der Waals surface area (Å²) in [5, 5.41) is 0. The van der Waals surface area contributed by atoms with E-state index < -0.39 is 0 Å². The molecule has 1 aliphatic rings. The van der Waals surface area contributed by atoms with E-state index in [4.69, 9.17) is 15.2 Å². The molecule has 0 unspecified atom stereocenters. The van der Waals surface area contributed by atoms with Gasteiger partial charge in [-0.3, -0.25) is 4.90 Å². The Balaban J connectivity index is 2.26. The Bertz CT molecular complexity index is 403. The van der Waals surface area contributed by atoms with Crippen LogP contribution in [-0.4, -0.2) is 38.8 Å². The van der Waals surface area contributed by atoms with Crippen LogP contribution in [0.4, 0.5) is 0 Å². The lowest BCUT2D eigenvalue weighted by atomic mass is 10.0. The molecular formula is C15H24N2O2. The molecule has 1 aromatic carbocycles. The maximum absolute atomic E-state index is 6.00. The minimum atomic E-state index is 0.237. The maximum Gasteiger partial charge on any atom is 0.127 e. The lowest BCUT2D eigenvalue weighted by molar-refractivity contribution is 0.165. The van der Waals surface area contributed by atoms with Crippen molar-refractivity contribution in [2.75, 3.05) is 33.9 Å². The fourth-order valence-electron chi connectivity index (χ4n) is 2.80. The van der Waals surface area contributed by atoms with Crippen LogP contribution in [0, 0.1) is 0 Å². The maximum atomic E-state index is 6.00. The smallest absolute Gasteiger partial charge is 0.127 e. The quantitative estimate of drug-likeness (QED) is 0.885. The van der Waals surface area contributed by atoms with Crippen molar-refractivity contribution in [3.8, 4) is 11.5 Å². The second-order valence-corrected chi connectivity index (χ2v) is 4.96. The summed E-state index contributed by atoms with van der Waals surface area (Å²) >= 11 is 0. The Morgan fingerprint density at radius 3 is 2.47 bits per heavy atom. The van der Waals surface area contributed by atoms with Crippen molar-refractivity contribution in [1.82, 2.24) is 4.90 Å². The number of rotatable bonds is 5. The summed E-state index contributed by atoms with van der Waals surface area (Å²) in [6.07, 6.45) is 3.84. The largest absolute Gasteiger partial charge is 0.497 e. The average molecular weight is 264 g/mol. The molecule has 0 radical (unpaired) electrons. The predicted octanol–water partition coefficient (Wildman–Crippen LogP) is 2.19. The molecule has 106 valence electrons. The summed E-state index contributed by atoms with van der Waals surface area (Å²) in [5.74, 6) is 1.68. The highest BCUT2D eigenvalue weighted by atomic mass is 16.5. The van der Waals surface area contributed by atoms with E-state index in [1.54, 1.807) is 14.2 Å². The molecule has 19 heavy (non-hydrogen) atoms. The molecule has 2 rings (SSSR count). The van der Waals surface area contributed by atoms with Gasteiger partial charge in [0.2, 0.25) is 0 Å². The minimum absolute atomic E-state index is 0.237. The van der Waals surface area contributed by atoms with Gasteiger partial charge in [0.05, 0.1) is 20.3 Å². The minimum Gasteiger partial charge on any atom is -0.497 e. The standard InChI is InChI=1S/C15H24N2O2/c1-18-12-6-7-13(15(10-12)19-2)14(11-16)17-8-4-3-5-9-17/h6-7,10,14H,3-5,8-9,11,16H2,1-2H3/t14-/m0/s1. The zero-order valence-corrected chi connectivity index (χ0v) is 11.9.